The van der Waals surface area contributed by atoms with Crippen molar-refractivity contribution in [3.63, 3.8) is 0 Å². The Morgan fingerprint density at radius 1 is 1.32 bits per heavy atom. The summed E-state index contributed by atoms with van der Waals surface area (Å²) in [6.45, 7) is 4.03. The van der Waals surface area contributed by atoms with Crippen LogP contribution in [0.15, 0.2) is 27.7 Å². The first-order valence-electron chi connectivity index (χ1n) is 7.12. The van der Waals surface area contributed by atoms with Gasteiger partial charge in [-0.1, -0.05) is 22.0 Å². The lowest BCUT2D eigenvalue weighted by Crippen LogP contribution is -2.37. The van der Waals surface area contributed by atoms with E-state index in [0.717, 1.165) is 29.9 Å². The van der Waals surface area contributed by atoms with Crippen molar-refractivity contribution >= 4 is 57.6 Å². The van der Waals surface area contributed by atoms with Crippen LogP contribution in [-0.4, -0.2) is 31.1 Å². The molecule has 0 bridgehead atoms. The quantitative estimate of drug-likeness (QED) is 0.239. The monoisotopic (exact) mass is 503 g/mol. The first kappa shape index (κ1) is 22.0. The van der Waals surface area contributed by atoms with Crippen molar-refractivity contribution < 1.29 is 4.39 Å². The van der Waals surface area contributed by atoms with Crippen LogP contribution >= 0.6 is 51.7 Å². The number of nitrogens with zero attached hydrogens (tertiary/aromatic N) is 1. The predicted octanol–water partition coefficient (Wildman–Crippen LogP) is 4.40. The van der Waals surface area contributed by atoms with Gasteiger partial charge in [-0.2, -0.15) is 11.8 Å². The lowest BCUT2D eigenvalue weighted by atomic mass is 10.2. The number of hydrogen-bond donors (Lipinski definition) is 2. The summed E-state index contributed by atoms with van der Waals surface area (Å²) in [5.41, 5.74) is 0.595. The molecule has 0 radical (unpaired) electrons. The van der Waals surface area contributed by atoms with Crippen LogP contribution in [0.4, 0.5) is 4.39 Å². The number of unbranched alkanes of at least 4 members (excludes halogenated alkanes) is 1. The second-order valence-electron chi connectivity index (χ2n) is 4.56. The summed E-state index contributed by atoms with van der Waals surface area (Å²) < 4.78 is 14.5. The fourth-order valence-electron chi connectivity index (χ4n) is 1.73. The zero-order valence-corrected chi connectivity index (χ0v) is 17.7. The van der Waals surface area contributed by atoms with Crippen molar-refractivity contribution in [3.05, 3.63) is 34.1 Å². The zero-order chi connectivity index (χ0) is 15.5. The van der Waals surface area contributed by atoms with E-state index in [-0.39, 0.29) is 29.8 Å². The second-order valence-corrected chi connectivity index (χ2v) is 6.46. The molecule has 126 valence electrons. The summed E-state index contributed by atoms with van der Waals surface area (Å²) in [4.78, 5) is 4.43. The molecule has 0 aliphatic rings. The number of aliphatic imine (C=N–C) groups is 1. The number of halogens is 3. The van der Waals surface area contributed by atoms with Gasteiger partial charge in [0.05, 0.1) is 6.54 Å². The summed E-state index contributed by atoms with van der Waals surface area (Å²) in [7, 11) is 0. The number of hydrogen-bond acceptors (Lipinski definition) is 2. The predicted molar refractivity (Wildman–Crippen MR) is 110 cm³/mol. The molecule has 7 heteroatoms. The Bertz CT molecular complexity index is 460. The number of guanidine groups is 1. The van der Waals surface area contributed by atoms with Crippen LogP contribution in [0.5, 0.6) is 0 Å². The smallest absolute Gasteiger partial charge is 0.191 e. The number of rotatable bonds is 8. The molecule has 0 unspecified atom stereocenters. The van der Waals surface area contributed by atoms with Crippen LogP contribution in [0.2, 0.25) is 0 Å². The maximum atomic E-state index is 13.7. The fourth-order valence-corrected chi connectivity index (χ4v) is 2.56. The van der Waals surface area contributed by atoms with Gasteiger partial charge in [-0.25, -0.2) is 9.38 Å². The molecule has 22 heavy (non-hydrogen) atoms. The molecule has 0 saturated heterocycles. The lowest BCUT2D eigenvalue weighted by molar-refractivity contribution is 0.609. The highest BCUT2D eigenvalue weighted by Crippen LogP contribution is 2.15. The van der Waals surface area contributed by atoms with Crippen LogP contribution in [0.1, 0.15) is 25.3 Å². The molecule has 3 nitrogen and oxygen atoms in total. The van der Waals surface area contributed by atoms with Crippen molar-refractivity contribution in [1.29, 1.82) is 0 Å². The van der Waals surface area contributed by atoms with Gasteiger partial charge in [0, 0.05) is 23.1 Å². The Morgan fingerprint density at radius 2 is 2.09 bits per heavy atom. The Kier molecular flexibility index (Phi) is 13.4. The van der Waals surface area contributed by atoms with E-state index in [1.807, 2.05) is 24.8 Å². The van der Waals surface area contributed by atoms with Crippen molar-refractivity contribution in [2.75, 3.05) is 25.1 Å². The molecular formula is C15H24BrFIN3S. The second kappa shape index (κ2) is 13.4. The minimum atomic E-state index is -0.232. The summed E-state index contributed by atoms with van der Waals surface area (Å²) in [5, 5.41) is 6.46. The van der Waals surface area contributed by atoms with Crippen LogP contribution in [-0.2, 0) is 6.54 Å². The molecule has 1 aromatic carbocycles. The van der Waals surface area contributed by atoms with Crippen molar-refractivity contribution in [1.82, 2.24) is 10.6 Å². The maximum Gasteiger partial charge on any atom is 0.191 e. The first-order valence-corrected chi connectivity index (χ1v) is 9.31. The third-order valence-electron chi connectivity index (χ3n) is 2.83. The molecule has 1 rings (SSSR count). The largest absolute Gasteiger partial charge is 0.357 e. The minimum absolute atomic E-state index is 0. The van der Waals surface area contributed by atoms with Gasteiger partial charge >= 0.3 is 0 Å². The Hall–Kier alpha value is -0.0200. The van der Waals surface area contributed by atoms with Crippen molar-refractivity contribution in [2.24, 2.45) is 4.99 Å². The standard InChI is InChI=1S/C15H23BrFN3S.HI/c1-3-18-15(19-8-4-5-9-21-2)20-11-12-6-7-13(16)10-14(12)17;/h6-7,10H,3-5,8-9,11H2,1-2H3,(H2,18,19,20);1H. The highest BCUT2D eigenvalue weighted by molar-refractivity contribution is 14.0. The Labute approximate surface area is 162 Å². The lowest BCUT2D eigenvalue weighted by Gasteiger charge is -2.11. The molecule has 0 spiro atoms. The highest BCUT2D eigenvalue weighted by atomic mass is 127. The maximum absolute atomic E-state index is 13.7. The normalized spacial score (nSPS) is 11.0. The first-order chi connectivity index (χ1) is 10.2. The van der Waals surface area contributed by atoms with E-state index in [1.54, 1.807) is 6.07 Å². The van der Waals surface area contributed by atoms with Crippen LogP contribution in [0, 0.1) is 5.82 Å². The summed E-state index contributed by atoms with van der Waals surface area (Å²) in [6, 6.07) is 5.05. The molecule has 1 aromatic rings. The zero-order valence-electron chi connectivity index (χ0n) is 13.0. The van der Waals surface area contributed by atoms with E-state index in [2.05, 4.69) is 37.8 Å². The summed E-state index contributed by atoms with van der Waals surface area (Å²) in [5.74, 6) is 1.69. The molecule has 0 aromatic heterocycles. The topological polar surface area (TPSA) is 36.4 Å². The van der Waals surface area contributed by atoms with Gasteiger partial charge in [-0.3, -0.25) is 0 Å². The van der Waals surface area contributed by atoms with Gasteiger partial charge in [-0.15, -0.1) is 24.0 Å². The summed E-state index contributed by atoms with van der Waals surface area (Å²) >= 11 is 5.12. The average Bonchev–Trinajstić information content (AvgIpc) is 2.46. The van der Waals surface area contributed by atoms with E-state index >= 15 is 0 Å². The van der Waals surface area contributed by atoms with Crippen LogP contribution in [0.25, 0.3) is 0 Å². The van der Waals surface area contributed by atoms with Gasteiger partial charge in [0.1, 0.15) is 5.82 Å². The molecular weight excluding hydrogens is 480 g/mol. The van der Waals surface area contributed by atoms with E-state index < -0.39 is 0 Å². The van der Waals surface area contributed by atoms with Crippen molar-refractivity contribution in [3.8, 4) is 0 Å². The van der Waals surface area contributed by atoms with Gasteiger partial charge in [0.25, 0.3) is 0 Å². The average molecular weight is 504 g/mol. The van der Waals surface area contributed by atoms with Gasteiger partial charge in [0.15, 0.2) is 5.96 Å². The fraction of sp³-hybridized carbons (Fsp3) is 0.533. The number of thioether (sulfide) groups is 1. The van der Waals surface area contributed by atoms with Gasteiger partial charge in [0.2, 0.25) is 0 Å². The molecule has 0 saturated carbocycles. The van der Waals surface area contributed by atoms with Gasteiger partial charge < -0.3 is 10.6 Å². The van der Waals surface area contributed by atoms with Crippen LogP contribution in [0.3, 0.4) is 0 Å². The number of benzene rings is 1. The molecule has 2 N–H and O–H groups in total. The third-order valence-corrected chi connectivity index (χ3v) is 4.02. The van der Waals surface area contributed by atoms with E-state index in [4.69, 9.17) is 0 Å². The van der Waals surface area contributed by atoms with E-state index in [9.17, 15) is 4.39 Å². The van der Waals surface area contributed by atoms with Crippen molar-refractivity contribution in [2.45, 2.75) is 26.3 Å². The number of nitrogens with one attached hydrogen (secondary N) is 2. The molecule has 0 fully saturated rings. The molecule has 0 aliphatic carbocycles. The van der Waals surface area contributed by atoms with E-state index in [0.29, 0.717) is 12.1 Å². The van der Waals surface area contributed by atoms with Gasteiger partial charge in [-0.05, 0) is 43.9 Å². The Morgan fingerprint density at radius 3 is 2.73 bits per heavy atom. The molecule has 0 atom stereocenters. The summed E-state index contributed by atoms with van der Waals surface area (Å²) in [6.07, 6.45) is 4.42. The molecule has 0 amide bonds. The van der Waals surface area contributed by atoms with Crippen LogP contribution < -0.4 is 10.6 Å². The molecule has 0 heterocycles. The van der Waals surface area contributed by atoms with E-state index in [1.165, 1.54) is 18.2 Å². The third kappa shape index (κ3) is 9.19. The molecule has 0 aliphatic heterocycles. The Balaban J connectivity index is 0.00000441. The minimum Gasteiger partial charge on any atom is -0.357 e. The highest BCUT2D eigenvalue weighted by Gasteiger charge is 2.03. The SMILES string of the molecule is CCNC(=NCc1ccc(Br)cc1F)NCCCCSC.I.